The predicted molar refractivity (Wildman–Crippen MR) is 180 cm³/mol. The number of piperidine rings is 1. The highest BCUT2D eigenvalue weighted by Crippen LogP contribution is 2.38. The topological polar surface area (TPSA) is 70.7 Å². The summed E-state index contributed by atoms with van der Waals surface area (Å²) in [5.74, 6) is -0.251. The summed E-state index contributed by atoms with van der Waals surface area (Å²) in [5, 5.41) is 5.74. The van der Waals surface area contributed by atoms with E-state index in [4.69, 9.17) is 4.74 Å². The molecule has 2 N–H and O–H groups in total. The second-order valence-corrected chi connectivity index (χ2v) is 12.4. The smallest absolute Gasteiger partial charge is 0.407 e. The molecule has 1 fully saturated rings. The summed E-state index contributed by atoms with van der Waals surface area (Å²) in [4.78, 5) is 27.9. The number of alkyl carbamates (subject to hydrolysis) is 1. The zero-order chi connectivity index (χ0) is 31.4. The van der Waals surface area contributed by atoms with Gasteiger partial charge >= 0.3 is 6.09 Å². The van der Waals surface area contributed by atoms with Crippen LogP contribution in [-0.2, 0) is 27.0 Å². The number of carbonyl (C=O) groups is 2. The first-order valence-corrected chi connectivity index (χ1v) is 16.1. The van der Waals surface area contributed by atoms with E-state index in [9.17, 15) is 9.59 Å². The summed E-state index contributed by atoms with van der Waals surface area (Å²) in [6, 6.07) is 41.3. The lowest BCUT2D eigenvalue weighted by atomic mass is 9.71. The van der Waals surface area contributed by atoms with E-state index in [1.165, 1.54) is 16.7 Å². The van der Waals surface area contributed by atoms with E-state index in [2.05, 4.69) is 101 Å². The van der Waals surface area contributed by atoms with Crippen LogP contribution in [0.1, 0.15) is 54.9 Å². The maximum Gasteiger partial charge on any atom is 0.407 e. The minimum atomic E-state index is -0.615. The van der Waals surface area contributed by atoms with Crippen LogP contribution >= 0.6 is 0 Å². The van der Waals surface area contributed by atoms with Gasteiger partial charge in [0.15, 0.2) is 0 Å². The van der Waals surface area contributed by atoms with Crippen LogP contribution in [0.5, 0.6) is 0 Å². The summed E-state index contributed by atoms with van der Waals surface area (Å²) in [6.45, 7) is 6.00. The van der Waals surface area contributed by atoms with Crippen LogP contribution in [0.15, 0.2) is 121 Å². The van der Waals surface area contributed by atoms with Gasteiger partial charge in [0.2, 0.25) is 5.91 Å². The number of carbonyl (C=O) groups excluding carboxylic acids is 2. The van der Waals surface area contributed by atoms with E-state index in [-0.39, 0.29) is 24.5 Å². The van der Waals surface area contributed by atoms with E-state index >= 15 is 0 Å². The van der Waals surface area contributed by atoms with Gasteiger partial charge in [-0.25, -0.2) is 4.79 Å². The molecule has 1 saturated heterocycles. The number of nitrogens with one attached hydrogen (secondary N) is 2. The van der Waals surface area contributed by atoms with Gasteiger partial charge in [-0.05, 0) is 73.0 Å². The van der Waals surface area contributed by atoms with E-state index in [1.54, 1.807) is 0 Å². The molecule has 1 aliphatic heterocycles. The Balaban J connectivity index is 1.21. The van der Waals surface area contributed by atoms with Crippen molar-refractivity contribution < 1.29 is 14.3 Å². The number of rotatable bonds is 13. The molecule has 0 atom stereocenters. The first kappa shape index (κ1) is 32.0. The number of benzene rings is 4. The largest absolute Gasteiger partial charge is 0.445 e. The molecule has 1 aliphatic rings. The minimum absolute atomic E-state index is 0.152. The molecule has 45 heavy (non-hydrogen) atoms. The van der Waals surface area contributed by atoms with Crippen LogP contribution in [0.4, 0.5) is 4.79 Å². The van der Waals surface area contributed by atoms with Crippen LogP contribution in [0.3, 0.4) is 0 Å². The fourth-order valence-electron chi connectivity index (χ4n) is 6.50. The van der Waals surface area contributed by atoms with Gasteiger partial charge in [0, 0.05) is 12.0 Å². The fraction of sp³-hybridized carbons (Fsp3) is 0.333. The number of hydrogen-bond donors (Lipinski definition) is 2. The van der Waals surface area contributed by atoms with Crippen molar-refractivity contribution in [2.75, 3.05) is 32.7 Å². The second kappa shape index (κ2) is 15.5. The van der Waals surface area contributed by atoms with Crippen LogP contribution in [-0.4, -0.2) is 49.6 Å². The highest BCUT2D eigenvalue weighted by molar-refractivity contribution is 5.82. The van der Waals surface area contributed by atoms with Crippen LogP contribution in [0.2, 0.25) is 0 Å². The molecule has 0 radical (unpaired) electrons. The van der Waals surface area contributed by atoms with Gasteiger partial charge < -0.3 is 20.3 Å². The van der Waals surface area contributed by atoms with Crippen molar-refractivity contribution in [2.45, 2.75) is 50.0 Å². The molecule has 0 spiro atoms. The normalized spacial score (nSPS) is 14.8. The summed E-state index contributed by atoms with van der Waals surface area (Å²) in [7, 11) is 0. The van der Waals surface area contributed by atoms with Crippen molar-refractivity contribution in [1.82, 2.24) is 15.5 Å². The Hall–Kier alpha value is -4.42. The molecule has 0 unspecified atom stereocenters. The lowest BCUT2D eigenvalue weighted by molar-refractivity contribution is -0.120. The zero-order valence-corrected chi connectivity index (χ0v) is 26.3. The Kier molecular flexibility index (Phi) is 11.0. The van der Waals surface area contributed by atoms with Crippen molar-refractivity contribution in [3.05, 3.63) is 144 Å². The van der Waals surface area contributed by atoms with E-state index in [0.717, 1.165) is 50.9 Å². The zero-order valence-electron chi connectivity index (χ0n) is 26.3. The molecule has 234 valence electrons. The third kappa shape index (κ3) is 8.61. The first-order valence-electron chi connectivity index (χ1n) is 16.1. The van der Waals surface area contributed by atoms with Gasteiger partial charge in [-0.1, -0.05) is 128 Å². The van der Waals surface area contributed by atoms with Crippen LogP contribution < -0.4 is 10.6 Å². The van der Waals surface area contributed by atoms with E-state index in [1.807, 2.05) is 42.5 Å². The molecule has 0 aromatic heterocycles. The van der Waals surface area contributed by atoms with Crippen LogP contribution in [0.25, 0.3) is 0 Å². The lowest BCUT2D eigenvalue weighted by Crippen LogP contribution is -2.46. The first-order chi connectivity index (χ1) is 22.0. The molecule has 6 nitrogen and oxygen atoms in total. The van der Waals surface area contributed by atoms with Gasteiger partial charge in [0.25, 0.3) is 0 Å². The molecule has 4 aromatic rings. The number of ether oxygens (including phenoxy) is 1. The molecule has 0 bridgehead atoms. The number of likely N-dealkylation sites (tertiary alicyclic amines) is 1. The number of nitrogens with zero attached hydrogens (tertiary/aromatic N) is 1. The molecule has 4 aromatic carbocycles. The predicted octanol–water partition coefficient (Wildman–Crippen LogP) is 6.85. The summed E-state index contributed by atoms with van der Waals surface area (Å²) >= 11 is 0. The SMILES string of the molecule is CC1(c2ccccc2)CCN(CCCC(CNC(=O)CNC(=O)OCc2ccccc2)(c2ccccc2)c2ccccc2)CC1. The standard InChI is InChI=1S/C39H45N3O3/c1-38(33-17-8-3-9-18-33)24-27-42(28-25-38)26-14-23-39(34-19-10-4-11-20-34,35-21-12-5-13-22-35)31-41-36(43)29-40-37(44)45-30-32-15-6-2-7-16-32/h2-13,15-22H,14,23-31H2,1H3,(H,40,44)(H,41,43). The third-order valence-electron chi connectivity index (χ3n) is 9.35. The van der Waals surface area contributed by atoms with Crippen molar-refractivity contribution in [3.8, 4) is 0 Å². The van der Waals surface area contributed by atoms with Gasteiger partial charge in [-0.2, -0.15) is 0 Å². The highest BCUT2D eigenvalue weighted by atomic mass is 16.5. The maximum atomic E-state index is 13.0. The van der Waals surface area contributed by atoms with Gasteiger partial charge in [-0.15, -0.1) is 0 Å². The van der Waals surface area contributed by atoms with Crippen molar-refractivity contribution in [1.29, 1.82) is 0 Å². The fourth-order valence-corrected chi connectivity index (χ4v) is 6.50. The summed E-state index contributed by atoms with van der Waals surface area (Å²) in [5.41, 5.74) is 4.47. The van der Waals surface area contributed by atoms with Crippen LogP contribution in [0, 0.1) is 0 Å². The molecule has 0 saturated carbocycles. The third-order valence-corrected chi connectivity index (χ3v) is 9.35. The molecule has 1 heterocycles. The average Bonchev–Trinajstić information content (AvgIpc) is 3.10. The van der Waals surface area contributed by atoms with E-state index in [0.29, 0.717) is 6.54 Å². The number of amides is 2. The van der Waals surface area contributed by atoms with Gasteiger partial charge in [-0.3, -0.25) is 4.79 Å². The summed E-state index contributed by atoms with van der Waals surface area (Å²) in [6.07, 6.45) is 3.55. The van der Waals surface area contributed by atoms with Crippen molar-refractivity contribution in [3.63, 3.8) is 0 Å². The van der Waals surface area contributed by atoms with E-state index < -0.39 is 11.5 Å². The summed E-state index contributed by atoms with van der Waals surface area (Å²) < 4.78 is 5.28. The van der Waals surface area contributed by atoms with Gasteiger partial charge in [0.05, 0.1) is 6.54 Å². The Morgan fingerprint density at radius 2 is 1.29 bits per heavy atom. The maximum absolute atomic E-state index is 13.0. The monoisotopic (exact) mass is 603 g/mol. The molecule has 6 heteroatoms. The minimum Gasteiger partial charge on any atom is -0.445 e. The van der Waals surface area contributed by atoms with Crippen molar-refractivity contribution >= 4 is 12.0 Å². The van der Waals surface area contributed by atoms with Crippen molar-refractivity contribution in [2.24, 2.45) is 0 Å². The molecular formula is C39H45N3O3. The molecule has 2 amide bonds. The average molecular weight is 604 g/mol. The Labute approximate surface area is 267 Å². The molecular weight excluding hydrogens is 558 g/mol. The molecule has 5 rings (SSSR count). The Bertz CT molecular complexity index is 1430. The quantitative estimate of drug-likeness (QED) is 0.175. The van der Waals surface area contributed by atoms with Gasteiger partial charge in [0.1, 0.15) is 6.61 Å². The Morgan fingerprint density at radius 3 is 1.87 bits per heavy atom. The lowest BCUT2D eigenvalue weighted by Gasteiger charge is -2.41. The highest BCUT2D eigenvalue weighted by Gasteiger charge is 2.35. The number of hydrogen-bond acceptors (Lipinski definition) is 4. The molecule has 0 aliphatic carbocycles. The second-order valence-electron chi connectivity index (χ2n) is 12.4. The Morgan fingerprint density at radius 1 is 0.756 bits per heavy atom.